The average Bonchev–Trinajstić information content (AvgIpc) is 2.53. The van der Waals surface area contributed by atoms with Crippen molar-refractivity contribution in [2.75, 3.05) is 33.7 Å². The number of rotatable bonds is 14. The van der Waals surface area contributed by atoms with Gasteiger partial charge in [-0.15, -0.1) is 0 Å². The topological polar surface area (TPSA) is 12.0 Å². The minimum absolute atomic E-state index is 1.05. The van der Waals surface area contributed by atoms with Gasteiger partial charge in [0.15, 0.2) is 0 Å². The van der Waals surface area contributed by atoms with Crippen molar-refractivity contribution in [1.29, 1.82) is 0 Å². The quantitative estimate of drug-likeness (QED) is 0.306. The zero-order valence-corrected chi connectivity index (χ0v) is 16.3. The van der Waals surface area contributed by atoms with E-state index >= 15 is 0 Å². The molecule has 0 aromatic heterocycles. The lowest BCUT2D eigenvalue weighted by Gasteiger charge is -2.30. The van der Waals surface area contributed by atoms with E-state index in [1.807, 2.05) is 0 Å². The molecule has 0 aliphatic carbocycles. The van der Waals surface area contributed by atoms with Crippen LogP contribution in [0.4, 0.5) is 0 Å². The Bertz CT molecular complexity index is 378. The number of nitrogens with zero attached hydrogens (tertiary/aromatic N) is 1. The van der Waals surface area contributed by atoms with Gasteiger partial charge >= 0.3 is 0 Å². The summed E-state index contributed by atoms with van der Waals surface area (Å²) in [6.07, 6.45) is 9.63. The zero-order chi connectivity index (χ0) is 16.8. The van der Waals surface area contributed by atoms with Crippen molar-refractivity contribution in [3.05, 3.63) is 35.9 Å². The summed E-state index contributed by atoms with van der Waals surface area (Å²) in [6.45, 7) is 4.58. The van der Waals surface area contributed by atoms with E-state index in [1.54, 1.807) is 0 Å². The van der Waals surface area contributed by atoms with E-state index in [0.29, 0.717) is 0 Å². The normalized spacial score (nSPS) is 11.8. The second kappa shape index (κ2) is 12.7. The molecule has 0 aliphatic heterocycles. The molecule has 1 rings (SSSR count). The highest BCUT2D eigenvalue weighted by Crippen LogP contribution is 2.09. The molecule has 2 nitrogen and oxygen atoms in total. The van der Waals surface area contributed by atoms with Crippen LogP contribution in [0, 0.1) is 0 Å². The van der Waals surface area contributed by atoms with Gasteiger partial charge < -0.3 is 9.80 Å². The molecule has 0 fully saturated rings. The molecule has 0 bridgehead atoms. The Balaban J connectivity index is 1.95. The highest BCUT2D eigenvalue weighted by atomic mass is 28.1. The Hall–Kier alpha value is -0.643. The maximum absolute atomic E-state index is 3.62. The van der Waals surface area contributed by atoms with Crippen LogP contribution in [-0.4, -0.2) is 48.5 Å². The fourth-order valence-electron chi connectivity index (χ4n) is 2.92. The summed E-state index contributed by atoms with van der Waals surface area (Å²) < 4.78 is 1.05. The van der Waals surface area contributed by atoms with Gasteiger partial charge in [-0.2, -0.15) is 0 Å². The van der Waals surface area contributed by atoms with Crippen molar-refractivity contribution in [2.24, 2.45) is 0 Å². The largest absolute Gasteiger partial charge is 0.324 e. The van der Waals surface area contributed by atoms with Crippen molar-refractivity contribution in [1.82, 2.24) is 5.32 Å². The van der Waals surface area contributed by atoms with Gasteiger partial charge in [-0.05, 0) is 13.0 Å². The third-order valence-electron chi connectivity index (χ3n) is 4.38. The van der Waals surface area contributed by atoms with Crippen molar-refractivity contribution >= 4 is 10.2 Å². The van der Waals surface area contributed by atoms with Gasteiger partial charge in [0.1, 0.15) is 6.54 Å². The predicted octanol–water partition coefficient (Wildman–Crippen LogP) is 4.17. The highest BCUT2D eigenvalue weighted by Gasteiger charge is 2.14. The highest BCUT2D eigenvalue weighted by molar-refractivity contribution is 6.08. The van der Waals surface area contributed by atoms with E-state index < -0.39 is 0 Å². The molecular formula is C20H36N2Si+. The number of likely N-dealkylation sites (N-methyl/N-ethyl adjacent to an activating group) is 1. The molecule has 1 aromatic carbocycles. The standard InChI is InChI=1S/C20H36N2Si/c1-22(2,19-20-13-9-8-10-14-20)17-16-21-15-11-6-4-3-5-7-12-18-23/h8-10,13-14,21H,3-7,11-12,15-19H2,1-2H3/q+1. The Morgan fingerprint density at radius 1 is 0.826 bits per heavy atom. The van der Waals surface area contributed by atoms with Crippen LogP contribution in [0.15, 0.2) is 30.3 Å². The molecule has 3 radical (unpaired) electrons. The third-order valence-corrected chi connectivity index (χ3v) is 4.73. The van der Waals surface area contributed by atoms with E-state index in [1.165, 1.54) is 63.6 Å². The average molecular weight is 333 g/mol. The van der Waals surface area contributed by atoms with E-state index in [-0.39, 0.29) is 0 Å². The molecule has 0 unspecified atom stereocenters. The van der Waals surface area contributed by atoms with Crippen LogP contribution in [-0.2, 0) is 6.54 Å². The van der Waals surface area contributed by atoms with Crippen LogP contribution in [0.5, 0.6) is 0 Å². The third kappa shape index (κ3) is 11.5. The summed E-state index contributed by atoms with van der Waals surface area (Å²) in [5, 5.41) is 3.62. The van der Waals surface area contributed by atoms with E-state index in [0.717, 1.165) is 23.6 Å². The van der Waals surface area contributed by atoms with Crippen molar-refractivity contribution < 1.29 is 4.48 Å². The van der Waals surface area contributed by atoms with E-state index in [2.05, 4.69) is 60.0 Å². The minimum atomic E-state index is 1.05. The summed E-state index contributed by atoms with van der Waals surface area (Å²) in [5.74, 6) is 0. The van der Waals surface area contributed by atoms with Gasteiger partial charge in [-0.3, -0.25) is 0 Å². The molecule has 0 aliphatic rings. The molecule has 1 N–H and O–H groups in total. The second-order valence-electron chi connectivity index (χ2n) is 7.28. The number of benzene rings is 1. The molecule has 0 saturated heterocycles. The molecule has 1 aromatic rings. The fourth-order valence-corrected chi connectivity index (χ4v) is 3.17. The Kier molecular flexibility index (Phi) is 11.3. The second-order valence-corrected chi connectivity index (χ2v) is 7.78. The maximum atomic E-state index is 3.62. The smallest absolute Gasteiger partial charge is 0.104 e. The lowest BCUT2D eigenvalue weighted by atomic mass is 10.1. The summed E-state index contributed by atoms with van der Waals surface area (Å²) in [7, 11) is 8.18. The predicted molar refractivity (Wildman–Crippen MR) is 103 cm³/mol. The Morgan fingerprint density at radius 2 is 1.43 bits per heavy atom. The number of quaternary nitrogens is 1. The van der Waals surface area contributed by atoms with Gasteiger partial charge in [0.05, 0.1) is 20.6 Å². The molecule has 23 heavy (non-hydrogen) atoms. The molecule has 0 atom stereocenters. The van der Waals surface area contributed by atoms with Crippen LogP contribution in [0.2, 0.25) is 6.04 Å². The number of nitrogens with one attached hydrogen (secondary N) is 1. The fraction of sp³-hybridized carbons (Fsp3) is 0.700. The van der Waals surface area contributed by atoms with Crippen molar-refractivity contribution in [2.45, 2.75) is 57.5 Å². The van der Waals surface area contributed by atoms with Crippen LogP contribution in [0.25, 0.3) is 0 Å². The first kappa shape index (κ1) is 20.4. The first-order valence-corrected chi connectivity index (χ1v) is 10.1. The monoisotopic (exact) mass is 332 g/mol. The summed E-state index contributed by atoms with van der Waals surface area (Å²) in [4.78, 5) is 0. The van der Waals surface area contributed by atoms with Gasteiger partial charge in [-0.1, -0.05) is 74.9 Å². The molecular weight excluding hydrogens is 296 g/mol. The summed E-state index contributed by atoms with van der Waals surface area (Å²) in [5.41, 5.74) is 1.43. The van der Waals surface area contributed by atoms with Crippen molar-refractivity contribution in [3.63, 3.8) is 0 Å². The molecule has 0 amide bonds. The van der Waals surface area contributed by atoms with E-state index in [9.17, 15) is 0 Å². The summed E-state index contributed by atoms with van der Waals surface area (Å²) in [6, 6.07) is 12.0. The Labute approximate surface area is 147 Å². The Morgan fingerprint density at radius 3 is 2.09 bits per heavy atom. The van der Waals surface area contributed by atoms with Gasteiger partial charge in [0, 0.05) is 22.4 Å². The first-order valence-electron chi connectivity index (χ1n) is 9.35. The number of hydrogen-bond donors (Lipinski definition) is 1. The number of unbranched alkanes of at least 4 members (excludes halogenated alkanes) is 6. The minimum Gasteiger partial charge on any atom is -0.324 e. The lowest BCUT2D eigenvalue weighted by Crippen LogP contribution is -2.43. The van der Waals surface area contributed by atoms with Gasteiger partial charge in [0.2, 0.25) is 0 Å². The van der Waals surface area contributed by atoms with Gasteiger partial charge in [0.25, 0.3) is 0 Å². The summed E-state index contributed by atoms with van der Waals surface area (Å²) >= 11 is 0. The van der Waals surface area contributed by atoms with Crippen LogP contribution < -0.4 is 5.32 Å². The van der Waals surface area contributed by atoms with Crippen LogP contribution in [0.1, 0.15) is 50.5 Å². The molecule has 0 saturated carbocycles. The van der Waals surface area contributed by atoms with Crippen LogP contribution >= 0.6 is 0 Å². The SMILES string of the molecule is C[N+](C)(CCNCCCCCCCCC[Si])Cc1ccccc1. The van der Waals surface area contributed by atoms with Crippen molar-refractivity contribution in [3.8, 4) is 0 Å². The zero-order valence-electron chi connectivity index (χ0n) is 15.3. The van der Waals surface area contributed by atoms with Crippen LogP contribution in [0.3, 0.4) is 0 Å². The number of hydrogen-bond acceptors (Lipinski definition) is 1. The van der Waals surface area contributed by atoms with Gasteiger partial charge in [-0.25, -0.2) is 0 Å². The maximum Gasteiger partial charge on any atom is 0.104 e. The molecule has 129 valence electrons. The molecule has 0 spiro atoms. The lowest BCUT2D eigenvalue weighted by molar-refractivity contribution is -0.902. The molecule has 0 heterocycles. The first-order chi connectivity index (χ1) is 11.1. The molecule has 3 heteroatoms. The van der Waals surface area contributed by atoms with E-state index in [4.69, 9.17) is 0 Å².